The van der Waals surface area contributed by atoms with Gasteiger partial charge < -0.3 is 19.6 Å². The smallest absolute Gasteiger partial charge is 0.116 e. The van der Waals surface area contributed by atoms with Crippen molar-refractivity contribution in [1.29, 1.82) is 0 Å². The number of para-hydroxylation sites is 4. The molecule has 11 nitrogen and oxygen atoms in total. The zero-order chi connectivity index (χ0) is 62.5. The van der Waals surface area contributed by atoms with Gasteiger partial charge in [-0.25, -0.2) is 29.9 Å². The van der Waals surface area contributed by atoms with E-state index in [1.165, 1.54) is 0 Å². The molecule has 0 saturated heterocycles. The van der Waals surface area contributed by atoms with E-state index in [0.29, 0.717) is 0 Å². The van der Waals surface area contributed by atoms with Crippen LogP contribution in [0.3, 0.4) is 0 Å². The third-order valence-corrected chi connectivity index (χ3v) is 18.7. The van der Waals surface area contributed by atoms with E-state index in [2.05, 4.69) is 278 Å². The zero-order valence-electron chi connectivity index (χ0n) is 52.4. The monoisotopic (exact) mass is 1190 g/mol. The number of hydrogen-bond acceptors (Lipinski definition) is 11. The summed E-state index contributed by atoms with van der Waals surface area (Å²) in [6, 6.07) is 70.9. The lowest BCUT2D eigenvalue weighted by molar-refractivity contribution is 1.18. The van der Waals surface area contributed by atoms with Gasteiger partial charge in [-0.2, -0.15) is 0 Å². The SMILES string of the molecule is Cc1cc2ncccc2c(C)c1N(c1ccccc1)c1cc(N(c2ccccc2)c2c(C)cc3ncncc3c2C)c2ccc3c(N(c4ccccc4)c4c(C)cc5ncncc5c4C)cc(N(c4ccccc4)c4c(C)cc5ncncc5c4C)c4ccc1c2c43. The second-order valence-corrected chi connectivity index (χ2v) is 24.2. The number of pyridine rings is 1. The number of aromatic nitrogens is 7. The third-order valence-electron chi connectivity index (χ3n) is 18.7. The molecular formula is C81H63N11. The quantitative estimate of drug-likeness (QED) is 0.109. The van der Waals surface area contributed by atoms with Crippen molar-refractivity contribution in [3.05, 3.63) is 282 Å². The molecule has 4 heterocycles. The van der Waals surface area contributed by atoms with Crippen molar-refractivity contribution in [3.8, 4) is 0 Å². The minimum absolute atomic E-state index is 0.896. The highest BCUT2D eigenvalue weighted by Crippen LogP contribution is 2.57. The lowest BCUT2D eigenvalue weighted by Gasteiger charge is -2.36. The van der Waals surface area contributed by atoms with Gasteiger partial charge in [-0.3, -0.25) is 4.98 Å². The van der Waals surface area contributed by atoms with E-state index in [-0.39, 0.29) is 0 Å². The van der Waals surface area contributed by atoms with Crippen LogP contribution in [-0.2, 0) is 0 Å². The summed E-state index contributed by atoms with van der Waals surface area (Å²) in [6.07, 6.45) is 12.7. The van der Waals surface area contributed by atoms with Crippen molar-refractivity contribution < 1.29 is 0 Å². The van der Waals surface area contributed by atoms with Gasteiger partial charge in [-0.05, 0) is 191 Å². The molecule has 0 aliphatic heterocycles. The maximum atomic E-state index is 4.93. The Bertz CT molecular complexity index is 4900. The predicted octanol–water partition coefficient (Wildman–Crippen LogP) is 21.3. The summed E-state index contributed by atoms with van der Waals surface area (Å²) >= 11 is 0. The molecule has 0 bridgehead atoms. The zero-order valence-corrected chi connectivity index (χ0v) is 52.4. The summed E-state index contributed by atoms with van der Waals surface area (Å²) < 4.78 is 0. The van der Waals surface area contributed by atoms with Crippen molar-refractivity contribution in [2.75, 3.05) is 19.6 Å². The summed E-state index contributed by atoms with van der Waals surface area (Å²) in [5.41, 5.74) is 24.6. The lowest BCUT2D eigenvalue weighted by atomic mass is 9.88. The summed E-state index contributed by atoms with van der Waals surface area (Å²) in [5, 5.41) is 10.6. The van der Waals surface area contributed by atoms with Crippen molar-refractivity contribution in [3.63, 3.8) is 0 Å². The van der Waals surface area contributed by atoms with E-state index in [9.17, 15) is 0 Å². The van der Waals surface area contributed by atoms with Crippen LogP contribution in [-0.4, -0.2) is 34.9 Å². The Morgan fingerprint density at radius 1 is 0.250 bits per heavy atom. The first-order chi connectivity index (χ1) is 45.0. The molecule has 0 aliphatic carbocycles. The molecule has 16 rings (SSSR count). The molecule has 92 heavy (non-hydrogen) atoms. The van der Waals surface area contributed by atoms with Crippen molar-refractivity contribution >= 4 is 144 Å². The molecule has 12 aromatic carbocycles. The van der Waals surface area contributed by atoms with E-state index in [1.54, 1.807) is 19.0 Å². The predicted molar refractivity (Wildman–Crippen MR) is 381 cm³/mol. The topological polar surface area (TPSA) is 103 Å². The van der Waals surface area contributed by atoms with Gasteiger partial charge in [0.2, 0.25) is 0 Å². The van der Waals surface area contributed by atoms with E-state index in [4.69, 9.17) is 19.9 Å². The van der Waals surface area contributed by atoms with E-state index in [0.717, 1.165) is 189 Å². The largest absolute Gasteiger partial charge is 0.309 e. The second kappa shape index (κ2) is 22.1. The third kappa shape index (κ3) is 8.82. The lowest BCUT2D eigenvalue weighted by Crippen LogP contribution is -2.18. The van der Waals surface area contributed by atoms with Crippen LogP contribution in [0.15, 0.2) is 238 Å². The molecule has 0 amide bonds. The van der Waals surface area contributed by atoms with Crippen molar-refractivity contribution in [1.82, 2.24) is 34.9 Å². The van der Waals surface area contributed by atoms with Gasteiger partial charge in [0.15, 0.2) is 0 Å². The Morgan fingerprint density at radius 3 is 0.815 bits per heavy atom. The molecule has 0 aliphatic rings. The van der Waals surface area contributed by atoms with E-state index < -0.39 is 0 Å². The first-order valence-electron chi connectivity index (χ1n) is 31.2. The molecular weight excluding hydrogens is 1130 g/mol. The van der Waals surface area contributed by atoms with Crippen molar-refractivity contribution in [2.45, 2.75) is 55.4 Å². The Labute approximate surface area is 533 Å². The molecule has 11 heteroatoms. The highest BCUT2D eigenvalue weighted by molar-refractivity contribution is 6.33. The molecule has 0 atom stereocenters. The fraction of sp³-hybridized carbons (Fsp3) is 0.0988. The summed E-state index contributed by atoms with van der Waals surface area (Å²) in [6.45, 7) is 17.8. The molecule has 0 spiro atoms. The molecule has 0 fully saturated rings. The standard InChI is InChI=1S/C81H63N11/c1-48-36-68-60(30-21-35-85-68)52(5)78(48)89(56-22-13-9-14-23-56)72-40-73(90(57-24-15-10-16-25-57)79-49(2)37-69-65(53(79)6)42-82-45-86-69)62-33-34-64-75(92(59-28-19-12-20-29-59)81-51(4)39-71-67(55(81)8)44-84-47-88-71)41-74(63-32-31-61(72)76(62)77(63)64)91(58-26-17-11-18-27-58)80-50(3)38-70-66(54(80)7)43-83-46-87-70/h9-47H,1-8H3. The molecule has 0 radical (unpaired) electrons. The second-order valence-electron chi connectivity index (χ2n) is 24.2. The maximum absolute atomic E-state index is 4.93. The maximum Gasteiger partial charge on any atom is 0.116 e. The molecule has 0 N–H and O–H groups in total. The van der Waals surface area contributed by atoms with Crippen LogP contribution in [0.5, 0.6) is 0 Å². The highest BCUT2D eigenvalue weighted by atomic mass is 15.2. The number of rotatable bonds is 12. The molecule has 16 aromatic rings. The Kier molecular flexibility index (Phi) is 13.4. The van der Waals surface area contributed by atoms with Crippen LogP contribution >= 0.6 is 0 Å². The molecule has 442 valence electrons. The fourth-order valence-electron chi connectivity index (χ4n) is 14.8. The average molecular weight is 1190 g/mol. The minimum atomic E-state index is 0.896. The van der Waals surface area contributed by atoms with Gasteiger partial charge in [0, 0.05) is 101 Å². The van der Waals surface area contributed by atoms with Crippen molar-refractivity contribution in [2.24, 2.45) is 0 Å². The molecule has 4 aromatic heterocycles. The van der Waals surface area contributed by atoms with Gasteiger partial charge in [-0.15, -0.1) is 0 Å². The van der Waals surface area contributed by atoms with Crippen LogP contribution in [0, 0.1) is 55.4 Å². The average Bonchev–Trinajstić information content (AvgIpc) is 0.699. The normalized spacial score (nSPS) is 11.7. The number of fused-ring (bicyclic) bond motifs is 4. The number of nitrogens with zero attached hydrogens (tertiary/aromatic N) is 11. The van der Waals surface area contributed by atoms with Crippen LogP contribution < -0.4 is 19.6 Å². The molecule has 0 unspecified atom stereocenters. The van der Waals surface area contributed by atoms with Gasteiger partial charge in [0.25, 0.3) is 0 Å². The van der Waals surface area contributed by atoms with Gasteiger partial charge in [0.1, 0.15) is 19.0 Å². The van der Waals surface area contributed by atoms with Crippen LogP contribution in [0.2, 0.25) is 0 Å². The highest BCUT2D eigenvalue weighted by Gasteiger charge is 2.33. The number of aryl methyl sites for hydroxylation is 8. The number of benzene rings is 12. The number of hydrogen-bond donors (Lipinski definition) is 0. The first-order valence-corrected chi connectivity index (χ1v) is 31.2. The van der Waals surface area contributed by atoms with E-state index >= 15 is 0 Å². The molecule has 0 saturated carbocycles. The van der Waals surface area contributed by atoms with E-state index in [1.807, 2.05) is 30.9 Å². The van der Waals surface area contributed by atoms with Crippen LogP contribution in [0.1, 0.15) is 44.5 Å². The van der Waals surface area contributed by atoms with Crippen LogP contribution in [0.25, 0.3) is 75.9 Å². The van der Waals surface area contributed by atoms with Gasteiger partial charge in [-0.1, -0.05) is 103 Å². The van der Waals surface area contributed by atoms with Crippen LogP contribution in [0.4, 0.5) is 68.2 Å². The fourth-order valence-corrected chi connectivity index (χ4v) is 14.8. The Hall–Kier alpha value is -11.7. The summed E-state index contributed by atoms with van der Waals surface area (Å²) in [7, 11) is 0. The Balaban J connectivity index is 1.14. The minimum Gasteiger partial charge on any atom is -0.309 e. The number of anilines is 12. The first kappa shape index (κ1) is 55.6. The van der Waals surface area contributed by atoms with Gasteiger partial charge in [0.05, 0.1) is 67.6 Å². The summed E-state index contributed by atoms with van der Waals surface area (Å²) in [4.78, 5) is 43.2. The summed E-state index contributed by atoms with van der Waals surface area (Å²) in [5.74, 6) is 0. The Morgan fingerprint density at radius 2 is 0.522 bits per heavy atom. The van der Waals surface area contributed by atoms with Gasteiger partial charge >= 0.3 is 0 Å².